The number of hydrogen-bond acceptors (Lipinski definition) is 2. The number of nitrogens with zero attached hydrogens (tertiary/aromatic N) is 2. The Morgan fingerprint density at radius 3 is 2.10 bits per heavy atom. The first-order chi connectivity index (χ1) is 9.21. The van der Waals surface area contributed by atoms with Crippen LogP contribution in [0.3, 0.4) is 0 Å². The highest BCUT2D eigenvalue weighted by molar-refractivity contribution is 9.10. The van der Waals surface area contributed by atoms with Crippen molar-refractivity contribution in [2.75, 3.05) is 5.73 Å². The number of anilines is 1. The number of benzene rings is 1. The van der Waals surface area contributed by atoms with Crippen LogP contribution in [0.15, 0.2) is 28.7 Å². The molecule has 1 aromatic heterocycles. The molecule has 0 radical (unpaired) electrons. The zero-order valence-corrected chi connectivity index (χ0v) is 14.3. The summed E-state index contributed by atoms with van der Waals surface area (Å²) in [7, 11) is 0. The van der Waals surface area contributed by atoms with E-state index in [1.807, 2.05) is 24.3 Å². The highest BCUT2D eigenvalue weighted by Gasteiger charge is 2.25. The molecule has 1 heterocycles. The number of hydrogen-bond donors (Lipinski definition) is 1. The Morgan fingerprint density at radius 1 is 1.15 bits per heavy atom. The molecule has 0 spiro atoms. The first-order valence-corrected chi connectivity index (χ1v) is 7.65. The van der Waals surface area contributed by atoms with Crippen LogP contribution in [0.5, 0.6) is 0 Å². The third-order valence-corrected chi connectivity index (χ3v) is 3.77. The van der Waals surface area contributed by atoms with Gasteiger partial charge in [0.25, 0.3) is 0 Å². The van der Waals surface area contributed by atoms with Crippen LogP contribution in [0.2, 0.25) is 0 Å². The number of imidazole rings is 1. The van der Waals surface area contributed by atoms with E-state index in [-0.39, 0.29) is 5.54 Å². The Hall–Kier alpha value is -1.29. The zero-order valence-electron chi connectivity index (χ0n) is 12.7. The zero-order chi connectivity index (χ0) is 15.1. The Balaban J connectivity index is 2.64. The maximum atomic E-state index is 6.39. The normalized spacial score (nSPS) is 12.2. The minimum Gasteiger partial charge on any atom is -0.383 e. The number of halogens is 1. The van der Waals surface area contributed by atoms with Crippen LogP contribution in [0, 0.1) is 0 Å². The van der Waals surface area contributed by atoms with Gasteiger partial charge in [0.1, 0.15) is 17.3 Å². The molecule has 0 amide bonds. The summed E-state index contributed by atoms with van der Waals surface area (Å²) in [5.74, 6) is 2.11. The van der Waals surface area contributed by atoms with E-state index in [1.165, 1.54) is 0 Å². The van der Waals surface area contributed by atoms with E-state index in [2.05, 4.69) is 55.1 Å². The molecule has 0 bridgehead atoms. The molecule has 2 aromatic rings. The maximum absolute atomic E-state index is 6.39. The lowest BCUT2D eigenvalue weighted by Crippen LogP contribution is -2.26. The molecule has 108 valence electrons. The Morgan fingerprint density at radius 2 is 1.70 bits per heavy atom. The SMILES string of the molecule is CC(C)c1nc(-c2ccc(Br)cc2)c(N)n1C(C)(C)C. The maximum Gasteiger partial charge on any atom is 0.132 e. The monoisotopic (exact) mass is 335 g/mol. The van der Waals surface area contributed by atoms with Crippen molar-refractivity contribution in [1.82, 2.24) is 9.55 Å². The van der Waals surface area contributed by atoms with Gasteiger partial charge in [-0.25, -0.2) is 4.98 Å². The van der Waals surface area contributed by atoms with Crippen molar-refractivity contribution in [1.29, 1.82) is 0 Å². The van der Waals surface area contributed by atoms with Gasteiger partial charge in [0.05, 0.1) is 0 Å². The number of nitrogen functional groups attached to an aromatic ring is 1. The molecule has 0 unspecified atom stereocenters. The minimum absolute atomic E-state index is 0.0791. The van der Waals surface area contributed by atoms with Crippen molar-refractivity contribution >= 4 is 21.7 Å². The molecule has 0 saturated carbocycles. The second-order valence-electron chi connectivity index (χ2n) is 6.37. The molecular weight excluding hydrogens is 314 g/mol. The standard InChI is InChI=1S/C16H22BrN3/c1-10(2)15-19-13(11-6-8-12(17)9-7-11)14(18)20(15)16(3,4)5/h6-10H,18H2,1-5H3. The fraction of sp³-hybridized carbons (Fsp3) is 0.438. The third kappa shape index (κ3) is 2.75. The lowest BCUT2D eigenvalue weighted by molar-refractivity contribution is 0.382. The summed E-state index contributed by atoms with van der Waals surface area (Å²) in [6.45, 7) is 10.8. The number of aromatic nitrogens is 2. The van der Waals surface area contributed by atoms with E-state index in [1.54, 1.807) is 0 Å². The molecule has 3 nitrogen and oxygen atoms in total. The van der Waals surface area contributed by atoms with Crippen molar-refractivity contribution in [3.63, 3.8) is 0 Å². The minimum atomic E-state index is -0.0791. The molecule has 0 atom stereocenters. The van der Waals surface area contributed by atoms with Gasteiger partial charge in [0.15, 0.2) is 0 Å². The predicted octanol–water partition coefficient (Wildman–Crippen LogP) is 4.77. The summed E-state index contributed by atoms with van der Waals surface area (Å²) in [5.41, 5.74) is 8.23. The fourth-order valence-corrected chi connectivity index (χ4v) is 2.63. The molecule has 0 fully saturated rings. The molecule has 4 heteroatoms. The average Bonchev–Trinajstić information content (AvgIpc) is 2.68. The molecule has 0 aliphatic carbocycles. The molecule has 2 N–H and O–H groups in total. The first-order valence-electron chi connectivity index (χ1n) is 6.86. The molecule has 0 saturated heterocycles. The van der Waals surface area contributed by atoms with E-state index in [4.69, 9.17) is 10.7 Å². The van der Waals surface area contributed by atoms with Crippen LogP contribution in [0.4, 0.5) is 5.82 Å². The summed E-state index contributed by atoms with van der Waals surface area (Å²) < 4.78 is 3.20. The van der Waals surface area contributed by atoms with Crippen LogP contribution in [0.25, 0.3) is 11.3 Å². The second-order valence-corrected chi connectivity index (χ2v) is 7.29. The molecule has 20 heavy (non-hydrogen) atoms. The van der Waals surface area contributed by atoms with Gasteiger partial charge in [-0.2, -0.15) is 0 Å². The summed E-state index contributed by atoms with van der Waals surface area (Å²) >= 11 is 3.45. The summed E-state index contributed by atoms with van der Waals surface area (Å²) in [6.07, 6.45) is 0. The lowest BCUT2D eigenvalue weighted by Gasteiger charge is -2.26. The molecule has 1 aromatic carbocycles. The largest absolute Gasteiger partial charge is 0.383 e. The van der Waals surface area contributed by atoms with Crippen LogP contribution in [0.1, 0.15) is 46.4 Å². The molecule has 2 rings (SSSR count). The van der Waals surface area contributed by atoms with Crippen LogP contribution >= 0.6 is 15.9 Å². The number of rotatable bonds is 2. The Labute approximate surface area is 129 Å². The van der Waals surface area contributed by atoms with Gasteiger partial charge in [-0.3, -0.25) is 0 Å². The topological polar surface area (TPSA) is 43.8 Å². The van der Waals surface area contributed by atoms with Crippen molar-refractivity contribution in [2.45, 2.75) is 46.1 Å². The highest BCUT2D eigenvalue weighted by Crippen LogP contribution is 2.34. The van der Waals surface area contributed by atoms with Crippen LogP contribution < -0.4 is 5.73 Å². The van der Waals surface area contributed by atoms with E-state index < -0.39 is 0 Å². The van der Waals surface area contributed by atoms with Gasteiger partial charge in [-0.15, -0.1) is 0 Å². The van der Waals surface area contributed by atoms with E-state index >= 15 is 0 Å². The van der Waals surface area contributed by atoms with Gasteiger partial charge in [-0.1, -0.05) is 41.9 Å². The van der Waals surface area contributed by atoms with Gasteiger partial charge in [0.2, 0.25) is 0 Å². The average molecular weight is 336 g/mol. The van der Waals surface area contributed by atoms with Crippen molar-refractivity contribution in [3.05, 3.63) is 34.6 Å². The summed E-state index contributed by atoms with van der Waals surface area (Å²) in [5, 5.41) is 0. The molecular formula is C16H22BrN3. The van der Waals surface area contributed by atoms with Crippen molar-refractivity contribution in [3.8, 4) is 11.3 Å². The van der Waals surface area contributed by atoms with Gasteiger partial charge >= 0.3 is 0 Å². The van der Waals surface area contributed by atoms with Gasteiger partial charge in [0, 0.05) is 21.5 Å². The quantitative estimate of drug-likeness (QED) is 0.858. The second kappa shape index (κ2) is 5.24. The lowest BCUT2D eigenvalue weighted by atomic mass is 10.1. The van der Waals surface area contributed by atoms with Crippen LogP contribution in [-0.4, -0.2) is 9.55 Å². The first kappa shape index (κ1) is 15.1. The van der Waals surface area contributed by atoms with Crippen molar-refractivity contribution in [2.24, 2.45) is 0 Å². The summed E-state index contributed by atoms with van der Waals surface area (Å²) in [6, 6.07) is 8.11. The molecule has 0 aliphatic heterocycles. The van der Waals surface area contributed by atoms with Gasteiger partial charge in [-0.05, 0) is 32.9 Å². The molecule has 0 aliphatic rings. The smallest absolute Gasteiger partial charge is 0.132 e. The van der Waals surface area contributed by atoms with E-state index in [0.717, 1.165) is 27.4 Å². The van der Waals surface area contributed by atoms with E-state index in [0.29, 0.717) is 5.92 Å². The third-order valence-electron chi connectivity index (χ3n) is 3.24. The van der Waals surface area contributed by atoms with Crippen molar-refractivity contribution < 1.29 is 0 Å². The number of nitrogens with two attached hydrogens (primary N) is 1. The van der Waals surface area contributed by atoms with Crippen LogP contribution in [-0.2, 0) is 5.54 Å². The Bertz CT molecular complexity index is 604. The predicted molar refractivity (Wildman–Crippen MR) is 88.9 cm³/mol. The Kier molecular flexibility index (Phi) is 3.96. The van der Waals surface area contributed by atoms with E-state index in [9.17, 15) is 0 Å². The fourth-order valence-electron chi connectivity index (χ4n) is 2.36. The summed E-state index contributed by atoms with van der Waals surface area (Å²) in [4.78, 5) is 4.80. The highest BCUT2D eigenvalue weighted by atomic mass is 79.9. The van der Waals surface area contributed by atoms with Gasteiger partial charge < -0.3 is 10.3 Å².